The summed E-state index contributed by atoms with van der Waals surface area (Å²) in [6.45, 7) is 2.75. The van der Waals surface area contributed by atoms with Gasteiger partial charge in [0.25, 0.3) is 0 Å². The van der Waals surface area contributed by atoms with Gasteiger partial charge >= 0.3 is 0 Å². The highest BCUT2D eigenvalue weighted by Gasteiger charge is 2.26. The van der Waals surface area contributed by atoms with Gasteiger partial charge in [0.15, 0.2) is 0 Å². The Labute approximate surface area is 162 Å². The summed E-state index contributed by atoms with van der Waals surface area (Å²) in [6, 6.07) is 14.2. The molecule has 0 unspecified atom stereocenters. The molecule has 1 N–H and O–H groups in total. The van der Waals surface area contributed by atoms with Crippen molar-refractivity contribution in [3.63, 3.8) is 0 Å². The van der Waals surface area contributed by atoms with Gasteiger partial charge in [-0.15, -0.1) is 12.4 Å². The van der Waals surface area contributed by atoms with E-state index in [1.54, 1.807) is 10.4 Å². The Morgan fingerprint density at radius 3 is 2.42 bits per heavy atom. The van der Waals surface area contributed by atoms with Gasteiger partial charge in [-0.2, -0.15) is 4.31 Å². The third-order valence-electron chi connectivity index (χ3n) is 5.28. The third kappa shape index (κ3) is 3.81. The first-order valence-electron chi connectivity index (χ1n) is 9.04. The number of nitrogens with one attached hydrogen (secondary N) is 1. The Morgan fingerprint density at radius 2 is 1.58 bits per heavy atom. The second kappa shape index (κ2) is 8.09. The first-order chi connectivity index (χ1) is 12.1. The summed E-state index contributed by atoms with van der Waals surface area (Å²) in [5.41, 5.74) is 5.16. The van der Waals surface area contributed by atoms with Crippen molar-refractivity contribution in [2.45, 2.75) is 30.6 Å². The Morgan fingerprint density at radius 1 is 0.846 bits per heavy atom. The van der Waals surface area contributed by atoms with E-state index in [2.05, 4.69) is 29.6 Å². The highest BCUT2D eigenvalue weighted by Crippen LogP contribution is 2.27. The average molecular weight is 393 g/mol. The van der Waals surface area contributed by atoms with Crippen molar-refractivity contribution in [2.75, 3.05) is 26.2 Å². The van der Waals surface area contributed by atoms with Gasteiger partial charge in [0, 0.05) is 19.6 Å². The van der Waals surface area contributed by atoms with Crippen molar-refractivity contribution in [3.8, 4) is 0 Å². The van der Waals surface area contributed by atoms with Gasteiger partial charge in [-0.1, -0.05) is 30.3 Å². The van der Waals surface area contributed by atoms with Crippen molar-refractivity contribution >= 4 is 22.4 Å². The summed E-state index contributed by atoms with van der Waals surface area (Å²) < 4.78 is 27.7. The predicted octanol–water partition coefficient (Wildman–Crippen LogP) is 2.78. The molecule has 6 heteroatoms. The largest absolute Gasteiger partial charge is 0.315 e. The quantitative estimate of drug-likeness (QED) is 0.854. The molecule has 1 aliphatic heterocycles. The SMILES string of the molecule is Cl.O=S(=O)(c1ccc2c(c1)CCc1ccccc1C2)N1CCCNCC1. The molecule has 26 heavy (non-hydrogen) atoms. The maximum atomic E-state index is 13.0. The fraction of sp³-hybridized carbons (Fsp3) is 0.400. The molecule has 1 heterocycles. The number of halogens is 1. The summed E-state index contributed by atoms with van der Waals surface area (Å²) in [5.74, 6) is 0. The van der Waals surface area contributed by atoms with Crippen LogP contribution in [-0.2, 0) is 29.3 Å². The zero-order chi connectivity index (χ0) is 17.3. The smallest absolute Gasteiger partial charge is 0.243 e. The number of aryl methyl sites for hydroxylation is 2. The van der Waals surface area contributed by atoms with E-state index in [1.807, 2.05) is 12.1 Å². The van der Waals surface area contributed by atoms with Crippen molar-refractivity contribution in [1.82, 2.24) is 9.62 Å². The van der Waals surface area contributed by atoms with E-state index < -0.39 is 10.0 Å². The van der Waals surface area contributed by atoms with Gasteiger partial charge in [-0.05, 0) is 66.6 Å². The van der Waals surface area contributed by atoms with Crippen molar-refractivity contribution in [3.05, 3.63) is 64.7 Å². The molecule has 1 saturated heterocycles. The average Bonchev–Trinajstić information content (AvgIpc) is 3.00. The van der Waals surface area contributed by atoms with Crippen LogP contribution in [0.25, 0.3) is 0 Å². The lowest BCUT2D eigenvalue weighted by atomic mass is 10.0. The Bertz CT molecular complexity index is 875. The van der Waals surface area contributed by atoms with Gasteiger partial charge in [-0.25, -0.2) is 8.42 Å². The molecule has 140 valence electrons. The minimum absolute atomic E-state index is 0. The van der Waals surface area contributed by atoms with E-state index >= 15 is 0 Å². The monoisotopic (exact) mass is 392 g/mol. The molecule has 2 aromatic carbocycles. The summed E-state index contributed by atoms with van der Waals surface area (Å²) in [6.07, 6.45) is 3.62. The molecule has 0 spiro atoms. The minimum atomic E-state index is -3.40. The van der Waals surface area contributed by atoms with E-state index in [0.29, 0.717) is 18.0 Å². The standard InChI is InChI=1S/C20H24N2O2S.ClH/c23-25(24,22-12-3-10-21-11-13-22)20-9-8-18-14-17-5-2-1-4-16(17)6-7-19(18)15-20;/h1-2,4-5,8-9,15,21H,3,6-7,10-14H2;1H. The minimum Gasteiger partial charge on any atom is -0.315 e. The number of nitrogens with zero attached hydrogens (tertiary/aromatic N) is 1. The molecule has 1 fully saturated rings. The molecule has 2 aromatic rings. The van der Waals surface area contributed by atoms with Crippen LogP contribution in [-0.4, -0.2) is 38.9 Å². The first-order valence-corrected chi connectivity index (χ1v) is 10.5. The van der Waals surface area contributed by atoms with E-state index in [1.165, 1.54) is 22.3 Å². The molecule has 4 rings (SSSR count). The van der Waals surface area contributed by atoms with Crippen LogP contribution in [0.3, 0.4) is 0 Å². The zero-order valence-electron chi connectivity index (χ0n) is 14.8. The van der Waals surface area contributed by atoms with Crippen LogP contribution in [0, 0.1) is 0 Å². The second-order valence-corrected chi connectivity index (χ2v) is 8.82. The van der Waals surface area contributed by atoms with Crippen LogP contribution in [0.1, 0.15) is 28.7 Å². The molecule has 0 saturated carbocycles. The highest BCUT2D eigenvalue weighted by molar-refractivity contribution is 7.89. The van der Waals surface area contributed by atoms with Crippen molar-refractivity contribution < 1.29 is 8.42 Å². The second-order valence-electron chi connectivity index (χ2n) is 6.88. The summed E-state index contributed by atoms with van der Waals surface area (Å²) >= 11 is 0. The fourth-order valence-corrected chi connectivity index (χ4v) is 5.36. The lowest BCUT2D eigenvalue weighted by Crippen LogP contribution is -2.34. The van der Waals surface area contributed by atoms with Gasteiger partial charge in [0.05, 0.1) is 4.90 Å². The molecule has 1 aliphatic carbocycles. The Hall–Kier alpha value is -1.40. The number of sulfonamides is 1. The first kappa shape index (κ1) is 19.4. The maximum absolute atomic E-state index is 13.0. The maximum Gasteiger partial charge on any atom is 0.243 e. The lowest BCUT2D eigenvalue weighted by molar-refractivity contribution is 0.432. The van der Waals surface area contributed by atoms with Crippen LogP contribution in [0.5, 0.6) is 0 Å². The molecule has 4 nitrogen and oxygen atoms in total. The molecular weight excluding hydrogens is 368 g/mol. The van der Waals surface area contributed by atoms with Crippen LogP contribution < -0.4 is 5.32 Å². The Balaban J connectivity index is 0.00000196. The number of hydrogen-bond acceptors (Lipinski definition) is 3. The molecular formula is C20H25ClN2O2S. The number of hydrogen-bond donors (Lipinski definition) is 1. The Kier molecular flexibility index (Phi) is 6.03. The molecule has 0 radical (unpaired) electrons. The zero-order valence-corrected chi connectivity index (χ0v) is 16.4. The van der Waals surface area contributed by atoms with E-state index in [0.717, 1.165) is 38.8 Å². The van der Waals surface area contributed by atoms with Gasteiger partial charge in [0.2, 0.25) is 10.0 Å². The van der Waals surface area contributed by atoms with Crippen LogP contribution in [0.4, 0.5) is 0 Å². The molecule has 2 aliphatic rings. The normalized spacial score (nSPS) is 18.0. The lowest BCUT2D eigenvalue weighted by Gasteiger charge is -2.20. The van der Waals surface area contributed by atoms with E-state index in [4.69, 9.17) is 0 Å². The molecule has 0 aromatic heterocycles. The summed E-state index contributed by atoms with van der Waals surface area (Å²) in [4.78, 5) is 0.444. The molecule has 0 atom stereocenters. The van der Waals surface area contributed by atoms with Crippen LogP contribution in [0.2, 0.25) is 0 Å². The van der Waals surface area contributed by atoms with E-state index in [-0.39, 0.29) is 12.4 Å². The van der Waals surface area contributed by atoms with E-state index in [9.17, 15) is 8.42 Å². The van der Waals surface area contributed by atoms with Crippen LogP contribution in [0.15, 0.2) is 47.4 Å². The van der Waals surface area contributed by atoms with Gasteiger partial charge < -0.3 is 5.32 Å². The highest BCUT2D eigenvalue weighted by atomic mass is 35.5. The number of fused-ring (bicyclic) bond motifs is 2. The number of rotatable bonds is 2. The third-order valence-corrected chi connectivity index (χ3v) is 7.17. The van der Waals surface area contributed by atoms with Crippen LogP contribution >= 0.6 is 12.4 Å². The summed E-state index contributed by atoms with van der Waals surface area (Å²) in [5, 5.41) is 3.26. The predicted molar refractivity (Wildman–Crippen MR) is 107 cm³/mol. The van der Waals surface area contributed by atoms with Gasteiger partial charge in [-0.3, -0.25) is 0 Å². The topological polar surface area (TPSA) is 49.4 Å². The molecule has 0 bridgehead atoms. The molecule has 0 amide bonds. The fourth-order valence-electron chi connectivity index (χ4n) is 3.83. The van der Waals surface area contributed by atoms with Gasteiger partial charge in [0.1, 0.15) is 0 Å². The summed E-state index contributed by atoms with van der Waals surface area (Å²) in [7, 11) is -3.40. The van der Waals surface area contributed by atoms with Crippen molar-refractivity contribution in [2.24, 2.45) is 0 Å². The number of benzene rings is 2. The van der Waals surface area contributed by atoms with Crippen molar-refractivity contribution in [1.29, 1.82) is 0 Å².